The second-order valence-electron chi connectivity index (χ2n) is 7.11. The third-order valence-electron chi connectivity index (χ3n) is 5.20. The van der Waals surface area contributed by atoms with Crippen LogP contribution in [0.1, 0.15) is 53.5 Å². The van der Waals surface area contributed by atoms with Gasteiger partial charge in [0.25, 0.3) is 5.91 Å². The van der Waals surface area contributed by atoms with Crippen molar-refractivity contribution >= 4 is 11.8 Å². The van der Waals surface area contributed by atoms with Gasteiger partial charge in [-0.05, 0) is 19.4 Å². The minimum Gasteiger partial charge on any atom is -0.364 e. The lowest BCUT2D eigenvalue weighted by molar-refractivity contribution is -0.132. The molecule has 0 spiro atoms. The van der Waals surface area contributed by atoms with E-state index < -0.39 is 0 Å². The fraction of sp³-hybridized carbons (Fsp3) is 0.556. The summed E-state index contributed by atoms with van der Waals surface area (Å²) in [5, 5.41) is 3.81. The third-order valence-corrected chi connectivity index (χ3v) is 5.20. The number of aromatic nitrogens is 3. The van der Waals surface area contributed by atoms with Crippen molar-refractivity contribution < 1.29 is 14.1 Å². The molecule has 8 heteroatoms. The van der Waals surface area contributed by atoms with Gasteiger partial charge in [-0.2, -0.15) is 4.98 Å². The monoisotopic (exact) mass is 357 g/mol. The molecular formula is C18H23N5O3. The summed E-state index contributed by atoms with van der Waals surface area (Å²) in [6, 6.07) is 1.92. The number of carbonyl (C=O) groups is 2. The van der Waals surface area contributed by atoms with Gasteiger partial charge >= 0.3 is 0 Å². The average molecular weight is 357 g/mol. The molecule has 2 amide bonds. The SMILES string of the molecule is CCCc1[nH]ccc1C(=O)N1CC(N2CC(c3nc(C)no3)CC2=O)C1. The minimum atomic E-state index is -0.0470. The highest BCUT2D eigenvalue weighted by atomic mass is 16.5. The van der Waals surface area contributed by atoms with Gasteiger partial charge in [-0.15, -0.1) is 0 Å². The van der Waals surface area contributed by atoms with Crippen molar-refractivity contribution in [1.29, 1.82) is 0 Å². The predicted molar refractivity (Wildman–Crippen MR) is 92.6 cm³/mol. The molecule has 2 fully saturated rings. The molecular weight excluding hydrogens is 334 g/mol. The molecule has 138 valence electrons. The van der Waals surface area contributed by atoms with Gasteiger partial charge in [-0.3, -0.25) is 9.59 Å². The van der Waals surface area contributed by atoms with Crippen LogP contribution in [0.4, 0.5) is 0 Å². The molecule has 1 N–H and O–H groups in total. The number of aryl methyl sites for hydroxylation is 2. The summed E-state index contributed by atoms with van der Waals surface area (Å²) in [6.45, 7) is 5.60. The Bertz CT molecular complexity index is 820. The first kappa shape index (κ1) is 16.8. The maximum Gasteiger partial charge on any atom is 0.255 e. The van der Waals surface area contributed by atoms with Gasteiger partial charge in [0.05, 0.1) is 17.5 Å². The molecule has 2 aliphatic heterocycles. The van der Waals surface area contributed by atoms with Crippen LogP contribution in [0.25, 0.3) is 0 Å². The molecule has 26 heavy (non-hydrogen) atoms. The molecule has 2 aromatic rings. The van der Waals surface area contributed by atoms with Crippen LogP contribution in [0, 0.1) is 6.92 Å². The van der Waals surface area contributed by atoms with Crippen LogP contribution in [0.15, 0.2) is 16.8 Å². The van der Waals surface area contributed by atoms with Crippen molar-refractivity contribution in [2.45, 2.75) is 45.1 Å². The molecule has 0 saturated carbocycles. The Balaban J connectivity index is 1.36. The molecule has 0 aliphatic carbocycles. The van der Waals surface area contributed by atoms with Gasteiger partial charge in [0.1, 0.15) is 0 Å². The molecule has 1 unspecified atom stereocenters. The summed E-state index contributed by atoms with van der Waals surface area (Å²) in [7, 11) is 0. The third kappa shape index (κ3) is 2.89. The molecule has 0 bridgehead atoms. The second kappa shape index (κ2) is 6.59. The standard InChI is InChI=1S/C18H23N5O3/c1-3-4-15-14(5-6-19-15)18(25)22-9-13(10-22)23-8-12(7-16(23)24)17-20-11(2)21-26-17/h5-6,12-13,19H,3-4,7-10H2,1-2H3. The Hall–Kier alpha value is -2.64. The van der Waals surface area contributed by atoms with E-state index in [-0.39, 0.29) is 23.8 Å². The van der Waals surface area contributed by atoms with Crippen molar-refractivity contribution in [2.75, 3.05) is 19.6 Å². The molecule has 4 heterocycles. The summed E-state index contributed by atoms with van der Waals surface area (Å²) in [5.74, 6) is 1.20. The maximum absolute atomic E-state index is 12.7. The summed E-state index contributed by atoms with van der Waals surface area (Å²) in [4.78, 5) is 36.1. The summed E-state index contributed by atoms with van der Waals surface area (Å²) in [5.41, 5.74) is 1.74. The fourth-order valence-corrected chi connectivity index (χ4v) is 3.78. The largest absolute Gasteiger partial charge is 0.364 e. The van der Waals surface area contributed by atoms with E-state index in [4.69, 9.17) is 4.52 Å². The summed E-state index contributed by atoms with van der Waals surface area (Å²) in [6.07, 6.45) is 4.06. The number of aromatic amines is 1. The van der Waals surface area contributed by atoms with Gasteiger partial charge < -0.3 is 19.3 Å². The Labute approximate surface area is 151 Å². The van der Waals surface area contributed by atoms with Crippen LogP contribution in [0.2, 0.25) is 0 Å². The van der Waals surface area contributed by atoms with Gasteiger partial charge in [0, 0.05) is 37.9 Å². The van der Waals surface area contributed by atoms with E-state index in [2.05, 4.69) is 22.0 Å². The van der Waals surface area contributed by atoms with Crippen molar-refractivity contribution in [3.8, 4) is 0 Å². The first-order chi connectivity index (χ1) is 12.6. The van der Waals surface area contributed by atoms with Crippen molar-refractivity contribution in [1.82, 2.24) is 24.9 Å². The van der Waals surface area contributed by atoms with E-state index in [1.807, 2.05) is 22.1 Å². The molecule has 2 aromatic heterocycles. The molecule has 1 atom stereocenters. The molecule has 0 aromatic carbocycles. The minimum absolute atomic E-state index is 0.0432. The van der Waals surface area contributed by atoms with Crippen LogP contribution in [0.3, 0.4) is 0 Å². The number of rotatable bonds is 5. The quantitative estimate of drug-likeness (QED) is 0.875. The number of likely N-dealkylation sites (tertiary alicyclic amines) is 2. The first-order valence-electron chi connectivity index (χ1n) is 9.12. The number of hydrogen-bond donors (Lipinski definition) is 1. The Morgan fingerprint density at radius 1 is 1.38 bits per heavy atom. The van der Waals surface area contributed by atoms with Crippen LogP contribution < -0.4 is 0 Å². The summed E-state index contributed by atoms with van der Waals surface area (Å²) >= 11 is 0. The highest BCUT2D eigenvalue weighted by Crippen LogP contribution is 2.31. The van der Waals surface area contributed by atoms with E-state index in [0.29, 0.717) is 37.8 Å². The summed E-state index contributed by atoms with van der Waals surface area (Å²) < 4.78 is 5.21. The number of amides is 2. The van der Waals surface area contributed by atoms with Crippen LogP contribution in [-0.4, -0.2) is 62.4 Å². The van der Waals surface area contributed by atoms with Crippen LogP contribution >= 0.6 is 0 Å². The Kier molecular flexibility index (Phi) is 4.26. The second-order valence-corrected chi connectivity index (χ2v) is 7.11. The number of H-pyrrole nitrogens is 1. The van der Waals surface area contributed by atoms with E-state index in [0.717, 1.165) is 24.1 Å². The molecule has 2 aliphatic rings. The van der Waals surface area contributed by atoms with E-state index in [1.54, 1.807) is 6.92 Å². The van der Waals surface area contributed by atoms with Crippen molar-refractivity contribution in [2.24, 2.45) is 0 Å². The first-order valence-corrected chi connectivity index (χ1v) is 9.12. The molecule has 4 rings (SSSR count). The van der Waals surface area contributed by atoms with E-state index in [1.165, 1.54) is 0 Å². The predicted octanol–water partition coefficient (Wildman–Crippen LogP) is 1.50. The number of hydrogen-bond acceptors (Lipinski definition) is 5. The van der Waals surface area contributed by atoms with Crippen molar-refractivity contribution in [3.05, 3.63) is 35.2 Å². The van der Waals surface area contributed by atoms with E-state index >= 15 is 0 Å². The highest BCUT2D eigenvalue weighted by Gasteiger charge is 2.43. The topological polar surface area (TPSA) is 95.3 Å². The zero-order valence-corrected chi connectivity index (χ0v) is 15.1. The lowest BCUT2D eigenvalue weighted by atomic mass is 10.0. The highest BCUT2D eigenvalue weighted by molar-refractivity contribution is 5.96. The van der Waals surface area contributed by atoms with Crippen LogP contribution in [-0.2, 0) is 11.2 Å². The van der Waals surface area contributed by atoms with Crippen molar-refractivity contribution in [3.63, 3.8) is 0 Å². The fourth-order valence-electron chi connectivity index (χ4n) is 3.78. The lowest BCUT2D eigenvalue weighted by Crippen LogP contribution is -2.61. The number of nitrogens with one attached hydrogen (secondary N) is 1. The number of carbonyl (C=O) groups excluding carboxylic acids is 2. The average Bonchev–Trinajstić information content (AvgIpc) is 3.27. The normalized spacial score (nSPS) is 20.7. The van der Waals surface area contributed by atoms with Gasteiger partial charge in [0.2, 0.25) is 11.8 Å². The van der Waals surface area contributed by atoms with Gasteiger partial charge in [0.15, 0.2) is 5.82 Å². The Morgan fingerprint density at radius 3 is 2.88 bits per heavy atom. The zero-order valence-electron chi connectivity index (χ0n) is 15.1. The molecule has 0 radical (unpaired) electrons. The van der Waals surface area contributed by atoms with Gasteiger partial charge in [-0.25, -0.2) is 0 Å². The smallest absolute Gasteiger partial charge is 0.255 e. The molecule has 8 nitrogen and oxygen atoms in total. The lowest BCUT2D eigenvalue weighted by Gasteiger charge is -2.44. The number of nitrogens with zero attached hydrogens (tertiary/aromatic N) is 4. The Morgan fingerprint density at radius 2 is 2.19 bits per heavy atom. The van der Waals surface area contributed by atoms with E-state index in [9.17, 15) is 9.59 Å². The van der Waals surface area contributed by atoms with Crippen LogP contribution in [0.5, 0.6) is 0 Å². The zero-order chi connectivity index (χ0) is 18.3. The molecule has 2 saturated heterocycles. The maximum atomic E-state index is 12.7. The van der Waals surface area contributed by atoms with Gasteiger partial charge in [-0.1, -0.05) is 18.5 Å².